The lowest BCUT2D eigenvalue weighted by Crippen LogP contribution is -2.49. The van der Waals surface area contributed by atoms with Crippen LogP contribution >= 0.6 is 11.3 Å². The van der Waals surface area contributed by atoms with Crippen molar-refractivity contribution in [2.24, 2.45) is 23.7 Å². The van der Waals surface area contributed by atoms with Gasteiger partial charge in [0.1, 0.15) is 16.5 Å². The molecule has 49 heavy (non-hydrogen) atoms. The Morgan fingerprint density at radius 2 is 1.84 bits per heavy atom. The molecule has 0 radical (unpaired) electrons. The number of carbonyl (C=O) groups excluding carboxylic acids is 4. The number of nitrogens with zero attached hydrogens (tertiary/aromatic N) is 5. The third-order valence-electron chi connectivity index (χ3n) is 9.43. The van der Waals surface area contributed by atoms with Gasteiger partial charge in [0.15, 0.2) is 11.9 Å². The Bertz CT molecular complexity index is 1400. The van der Waals surface area contributed by atoms with Crippen LogP contribution in [0.3, 0.4) is 0 Å². The number of aromatic nitrogens is 3. The lowest BCUT2D eigenvalue weighted by Gasteiger charge is -2.36. The standard InChI is InChI=1S/C36H54N6O6S/c1-22(2)15-27(18-33-37-11-8-12-38-33)39-34(45)28-21-49-35(40-28)32(48-24(5)43)19-29(23(3)4)42(7)36(46)26(16-25-9-10-25)17-31(44)30-20-47-14-13-41(30)6/h8,11-12,21-23,25-27,29-30,32H,9-10,13-20H2,1-7H3,(H,39,45)/t26-,27-,29-,30-,32-/m1/s1. The summed E-state index contributed by atoms with van der Waals surface area (Å²) in [6.45, 7) is 11.2. The van der Waals surface area contributed by atoms with Crippen LogP contribution in [0.25, 0.3) is 0 Å². The van der Waals surface area contributed by atoms with Gasteiger partial charge < -0.3 is 19.7 Å². The number of ether oxygens (including phenoxy) is 2. The number of likely N-dealkylation sites (N-methyl/N-ethyl adjacent to an activating group) is 1. The van der Waals surface area contributed by atoms with Crippen LogP contribution in [0.2, 0.25) is 0 Å². The van der Waals surface area contributed by atoms with E-state index in [1.54, 1.807) is 35.8 Å². The maximum atomic E-state index is 14.1. The normalized spacial score (nSPS) is 19.2. The molecule has 1 saturated carbocycles. The first kappa shape index (κ1) is 38.5. The number of ketones is 1. The Kier molecular flexibility index (Phi) is 14.2. The third kappa shape index (κ3) is 11.6. The molecule has 0 aromatic carbocycles. The van der Waals surface area contributed by atoms with Crippen LogP contribution < -0.4 is 5.32 Å². The molecule has 2 aromatic heterocycles. The fourth-order valence-corrected chi connectivity index (χ4v) is 7.44. The Hall–Kier alpha value is -3.29. The molecular weight excluding hydrogens is 644 g/mol. The minimum Gasteiger partial charge on any atom is -0.455 e. The summed E-state index contributed by atoms with van der Waals surface area (Å²) < 4.78 is 11.4. The number of amides is 2. The van der Waals surface area contributed by atoms with E-state index in [-0.39, 0.29) is 53.8 Å². The minimum absolute atomic E-state index is 0.0156. The summed E-state index contributed by atoms with van der Waals surface area (Å²) in [6, 6.07) is 0.923. The van der Waals surface area contributed by atoms with Gasteiger partial charge in [-0.25, -0.2) is 15.0 Å². The number of rotatable bonds is 18. The van der Waals surface area contributed by atoms with Gasteiger partial charge >= 0.3 is 5.97 Å². The van der Waals surface area contributed by atoms with Gasteiger partial charge in [0.2, 0.25) is 5.91 Å². The Labute approximate surface area is 294 Å². The van der Waals surface area contributed by atoms with Gasteiger partial charge in [-0.05, 0) is 43.7 Å². The highest BCUT2D eigenvalue weighted by Crippen LogP contribution is 2.38. The summed E-state index contributed by atoms with van der Waals surface area (Å²) in [6.07, 6.45) is 7.17. The molecule has 1 saturated heterocycles. The molecule has 2 aromatic rings. The van der Waals surface area contributed by atoms with Crippen LogP contribution in [0, 0.1) is 23.7 Å². The molecule has 3 heterocycles. The zero-order valence-corrected chi connectivity index (χ0v) is 30.9. The first-order chi connectivity index (χ1) is 23.3. The lowest BCUT2D eigenvalue weighted by molar-refractivity contribution is -0.149. The van der Waals surface area contributed by atoms with E-state index in [2.05, 4.69) is 34.1 Å². The van der Waals surface area contributed by atoms with Crippen LogP contribution in [0.5, 0.6) is 0 Å². The predicted molar refractivity (Wildman–Crippen MR) is 187 cm³/mol. The number of carbonyl (C=O) groups is 4. The van der Waals surface area contributed by atoms with Crippen LogP contribution in [0.4, 0.5) is 0 Å². The molecule has 2 amide bonds. The van der Waals surface area contributed by atoms with Crippen molar-refractivity contribution in [1.29, 1.82) is 0 Å². The largest absolute Gasteiger partial charge is 0.455 e. The average molecular weight is 699 g/mol. The highest BCUT2D eigenvalue weighted by Gasteiger charge is 2.38. The summed E-state index contributed by atoms with van der Waals surface area (Å²) in [7, 11) is 3.71. The molecule has 0 spiro atoms. The van der Waals surface area contributed by atoms with E-state index in [1.807, 2.05) is 25.8 Å². The van der Waals surface area contributed by atoms with Gasteiger partial charge in [-0.2, -0.15) is 0 Å². The molecule has 1 aliphatic heterocycles. The van der Waals surface area contributed by atoms with Crippen molar-refractivity contribution in [3.63, 3.8) is 0 Å². The zero-order valence-electron chi connectivity index (χ0n) is 30.1. The Morgan fingerprint density at radius 1 is 1.12 bits per heavy atom. The number of Topliss-reactive ketones (excluding diaryl/α,β-unsaturated/α-hetero) is 1. The predicted octanol–water partition coefficient (Wildman–Crippen LogP) is 4.50. The number of morpholine rings is 1. The van der Waals surface area contributed by atoms with Gasteiger partial charge in [0.05, 0.1) is 19.3 Å². The third-order valence-corrected chi connectivity index (χ3v) is 10.4. The molecule has 5 atom stereocenters. The number of esters is 1. The van der Waals surface area contributed by atoms with Crippen LogP contribution in [0.1, 0.15) is 101 Å². The first-order valence-electron chi connectivity index (χ1n) is 17.6. The maximum Gasteiger partial charge on any atom is 0.303 e. The molecule has 1 aliphatic carbocycles. The lowest BCUT2D eigenvalue weighted by atomic mass is 9.89. The van der Waals surface area contributed by atoms with E-state index in [4.69, 9.17) is 9.47 Å². The van der Waals surface area contributed by atoms with Crippen molar-refractivity contribution in [1.82, 2.24) is 30.1 Å². The summed E-state index contributed by atoms with van der Waals surface area (Å²) >= 11 is 1.26. The average Bonchev–Trinajstić information content (AvgIpc) is 3.72. The van der Waals surface area contributed by atoms with Crippen molar-refractivity contribution in [3.05, 3.63) is 40.4 Å². The smallest absolute Gasteiger partial charge is 0.303 e. The number of hydrogen-bond acceptors (Lipinski definition) is 11. The molecule has 12 nitrogen and oxygen atoms in total. The van der Waals surface area contributed by atoms with Crippen molar-refractivity contribution in [2.75, 3.05) is 33.9 Å². The maximum absolute atomic E-state index is 14.1. The van der Waals surface area contributed by atoms with Gasteiger partial charge in [-0.15, -0.1) is 11.3 Å². The molecule has 13 heteroatoms. The second-order valence-electron chi connectivity index (χ2n) is 14.5. The molecule has 0 unspecified atom stereocenters. The van der Waals surface area contributed by atoms with Crippen molar-refractivity contribution in [3.8, 4) is 0 Å². The Balaban J connectivity index is 1.48. The van der Waals surface area contributed by atoms with E-state index in [9.17, 15) is 19.2 Å². The Morgan fingerprint density at radius 3 is 2.45 bits per heavy atom. The molecule has 270 valence electrons. The second-order valence-corrected chi connectivity index (χ2v) is 15.3. The summed E-state index contributed by atoms with van der Waals surface area (Å²) in [4.78, 5) is 70.3. The van der Waals surface area contributed by atoms with E-state index >= 15 is 0 Å². The molecule has 2 aliphatic rings. The molecule has 0 bridgehead atoms. The van der Waals surface area contributed by atoms with Crippen molar-refractivity contribution < 1.29 is 28.7 Å². The fraction of sp³-hybridized carbons (Fsp3) is 0.694. The second kappa shape index (κ2) is 18.1. The zero-order chi connectivity index (χ0) is 35.7. The van der Waals surface area contributed by atoms with Gasteiger partial charge in [0.25, 0.3) is 5.91 Å². The first-order valence-corrected chi connectivity index (χ1v) is 18.5. The van der Waals surface area contributed by atoms with E-state index in [0.29, 0.717) is 61.7 Å². The number of thiazole rings is 1. The fourth-order valence-electron chi connectivity index (χ4n) is 6.60. The number of hydrogen-bond donors (Lipinski definition) is 1. The van der Waals surface area contributed by atoms with Gasteiger partial charge in [-0.3, -0.25) is 24.1 Å². The van der Waals surface area contributed by atoms with Crippen LogP contribution in [0.15, 0.2) is 23.8 Å². The molecular formula is C36H54N6O6S. The topological polar surface area (TPSA) is 144 Å². The quantitative estimate of drug-likeness (QED) is 0.221. The summed E-state index contributed by atoms with van der Waals surface area (Å²) in [5.41, 5.74) is 0.241. The van der Waals surface area contributed by atoms with E-state index < -0.39 is 18.0 Å². The molecule has 4 rings (SSSR count). The van der Waals surface area contributed by atoms with Crippen molar-refractivity contribution >= 4 is 34.9 Å². The summed E-state index contributed by atoms with van der Waals surface area (Å²) in [5, 5.41) is 5.26. The summed E-state index contributed by atoms with van der Waals surface area (Å²) in [5.74, 6) is 0.212. The van der Waals surface area contributed by atoms with Crippen LogP contribution in [-0.4, -0.2) is 100 Å². The van der Waals surface area contributed by atoms with E-state index in [0.717, 1.165) is 19.3 Å². The van der Waals surface area contributed by atoms with Gasteiger partial charge in [-0.1, -0.05) is 40.5 Å². The molecule has 2 fully saturated rings. The van der Waals surface area contributed by atoms with Gasteiger partial charge in [0, 0.05) is 75.6 Å². The van der Waals surface area contributed by atoms with E-state index in [1.165, 1.54) is 18.3 Å². The highest BCUT2D eigenvalue weighted by molar-refractivity contribution is 7.09. The van der Waals surface area contributed by atoms with Crippen molar-refractivity contribution in [2.45, 2.75) is 104 Å². The number of nitrogens with one attached hydrogen (secondary N) is 1. The van der Waals surface area contributed by atoms with Crippen LogP contribution in [-0.2, 0) is 30.3 Å². The monoisotopic (exact) mass is 698 g/mol. The minimum atomic E-state index is -0.757. The SMILES string of the molecule is CC(=O)O[C@H](C[C@H](C(C)C)N(C)C(=O)[C@@H](CC(=O)[C@H]1COCCN1C)CC1CC1)c1nc(C(=O)N[C@@H](Cc2ncccn2)CC(C)C)cs1. The molecule has 1 N–H and O–H groups in total. The highest BCUT2D eigenvalue weighted by atomic mass is 32.1.